The molecule has 0 saturated heterocycles. The topological polar surface area (TPSA) is 41.5 Å². The highest BCUT2D eigenvalue weighted by Crippen LogP contribution is 2.16. The molecule has 0 bridgehead atoms. The monoisotopic (exact) mass is 259 g/mol. The fourth-order valence-electron chi connectivity index (χ4n) is 1.39. The van der Waals surface area contributed by atoms with Crippen LogP contribution in [0.2, 0.25) is 0 Å². The lowest BCUT2D eigenvalue weighted by molar-refractivity contribution is 0.0123. The maximum absolute atomic E-state index is 12.9. The predicted molar refractivity (Wildman–Crippen MR) is 65.6 cm³/mol. The molecule has 5 heteroatoms. The largest absolute Gasteiger partial charge is 0.490 e. The van der Waals surface area contributed by atoms with Crippen LogP contribution in [0.5, 0.6) is 5.75 Å². The Kier molecular flexibility index (Phi) is 5.50. The van der Waals surface area contributed by atoms with E-state index in [4.69, 9.17) is 4.74 Å². The summed E-state index contributed by atoms with van der Waals surface area (Å²) < 4.78 is 30.8. The van der Waals surface area contributed by atoms with Gasteiger partial charge in [0.2, 0.25) is 0 Å². The second-order valence-corrected chi connectivity index (χ2v) is 4.54. The van der Waals surface area contributed by atoms with Crippen molar-refractivity contribution in [2.75, 3.05) is 19.7 Å². The molecule has 0 aromatic heterocycles. The lowest BCUT2D eigenvalue weighted by atomic mass is 10.1. The van der Waals surface area contributed by atoms with Crippen LogP contribution >= 0.6 is 0 Å². The maximum Gasteiger partial charge on any atom is 0.162 e. The summed E-state index contributed by atoms with van der Waals surface area (Å²) in [5.74, 6) is -1.68. The highest BCUT2D eigenvalue weighted by atomic mass is 19.2. The van der Waals surface area contributed by atoms with Crippen LogP contribution in [0.1, 0.15) is 20.3 Å². The molecule has 102 valence electrons. The normalized spacial score (nSPS) is 14.3. The van der Waals surface area contributed by atoms with Gasteiger partial charge in [0, 0.05) is 12.6 Å². The molecule has 0 aliphatic heterocycles. The third kappa shape index (κ3) is 4.98. The van der Waals surface area contributed by atoms with Gasteiger partial charge in [-0.1, -0.05) is 6.92 Å². The van der Waals surface area contributed by atoms with Gasteiger partial charge in [-0.2, -0.15) is 0 Å². The van der Waals surface area contributed by atoms with Crippen LogP contribution in [0.4, 0.5) is 8.78 Å². The molecule has 0 heterocycles. The molecule has 0 amide bonds. The molecule has 0 spiro atoms. The zero-order valence-corrected chi connectivity index (χ0v) is 10.7. The lowest BCUT2D eigenvalue weighted by Gasteiger charge is -2.23. The Morgan fingerprint density at radius 3 is 2.67 bits per heavy atom. The minimum absolute atomic E-state index is 0.00872. The quantitative estimate of drug-likeness (QED) is 0.737. The first kappa shape index (κ1) is 14.9. The van der Waals surface area contributed by atoms with E-state index < -0.39 is 17.2 Å². The predicted octanol–water partition coefficient (Wildman–Crippen LogP) is 2.09. The standard InChI is InChI=1S/C13H19F2NO2/c1-3-6-16-8-13(2,17)9-18-10-4-5-11(14)12(15)7-10/h4-5,7,16-17H,3,6,8-9H2,1-2H3. The third-order valence-corrected chi connectivity index (χ3v) is 2.37. The lowest BCUT2D eigenvalue weighted by Crippen LogP contribution is -2.43. The van der Waals surface area contributed by atoms with Crippen LogP contribution in [0.25, 0.3) is 0 Å². The molecule has 0 saturated carbocycles. The molecule has 1 atom stereocenters. The average Bonchev–Trinajstić information content (AvgIpc) is 2.31. The van der Waals surface area contributed by atoms with Crippen LogP contribution in [0.15, 0.2) is 18.2 Å². The molecule has 18 heavy (non-hydrogen) atoms. The minimum Gasteiger partial charge on any atom is -0.490 e. The van der Waals surface area contributed by atoms with Gasteiger partial charge in [0.1, 0.15) is 18.0 Å². The zero-order valence-electron chi connectivity index (χ0n) is 10.7. The summed E-state index contributed by atoms with van der Waals surface area (Å²) in [7, 11) is 0. The summed E-state index contributed by atoms with van der Waals surface area (Å²) in [5.41, 5.74) is -1.06. The molecule has 1 aromatic rings. The molecular weight excluding hydrogens is 240 g/mol. The molecule has 2 N–H and O–H groups in total. The van der Waals surface area contributed by atoms with E-state index in [1.807, 2.05) is 6.92 Å². The summed E-state index contributed by atoms with van der Waals surface area (Å²) in [6.07, 6.45) is 0.972. The molecule has 0 aliphatic carbocycles. The zero-order chi connectivity index (χ0) is 13.6. The molecule has 1 aromatic carbocycles. The molecule has 0 aliphatic rings. The third-order valence-electron chi connectivity index (χ3n) is 2.37. The van der Waals surface area contributed by atoms with E-state index in [1.54, 1.807) is 6.92 Å². The van der Waals surface area contributed by atoms with Gasteiger partial charge in [-0.25, -0.2) is 8.78 Å². The van der Waals surface area contributed by atoms with Crippen LogP contribution in [0, 0.1) is 11.6 Å². The summed E-state index contributed by atoms with van der Waals surface area (Å²) in [6, 6.07) is 3.29. The first-order chi connectivity index (χ1) is 8.44. The molecule has 3 nitrogen and oxygen atoms in total. The fraction of sp³-hybridized carbons (Fsp3) is 0.538. The maximum atomic E-state index is 12.9. The number of aliphatic hydroxyl groups is 1. The summed E-state index contributed by atoms with van der Waals surface area (Å²) in [5, 5.41) is 13.0. The average molecular weight is 259 g/mol. The van der Waals surface area contributed by atoms with Crippen molar-refractivity contribution in [2.24, 2.45) is 0 Å². The van der Waals surface area contributed by atoms with Crippen molar-refractivity contribution < 1.29 is 18.6 Å². The summed E-state index contributed by atoms with van der Waals surface area (Å²) in [4.78, 5) is 0. The molecule has 0 radical (unpaired) electrons. The minimum atomic E-state index is -1.06. The van der Waals surface area contributed by atoms with Crippen LogP contribution in [-0.2, 0) is 0 Å². The van der Waals surface area contributed by atoms with Gasteiger partial charge in [0.25, 0.3) is 0 Å². The highest BCUT2D eigenvalue weighted by molar-refractivity contribution is 5.23. The summed E-state index contributed by atoms with van der Waals surface area (Å²) in [6.45, 7) is 4.84. The Morgan fingerprint density at radius 1 is 1.33 bits per heavy atom. The van der Waals surface area contributed by atoms with Gasteiger partial charge >= 0.3 is 0 Å². The highest BCUT2D eigenvalue weighted by Gasteiger charge is 2.21. The Labute approximate surface area is 106 Å². The van der Waals surface area contributed by atoms with Crippen molar-refractivity contribution >= 4 is 0 Å². The summed E-state index contributed by atoms with van der Waals surface area (Å²) >= 11 is 0. The Morgan fingerprint density at radius 2 is 2.06 bits per heavy atom. The van der Waals surface area contributed by atoms with E-state index in [0.29, 0.717) is 6.54 Å². The van der Waals surface area contributed by atoms with Gasteiger partial charge in [0.05, 0.1) is 0 Å². The van der Waals surface area contributed by atoms with Crippen molar-refractivity contribution in [2.45, 2.75) is 25.9 Å². The number of benzene rings is 1. The van der Waals surface area contributed by atoms with Gasteiger partial charge in [-0.05, 0) is 32.0 Å². The van der Waals surface area contributed by atoms with Crippen molar-refractivity contribution in [1.82, 2.24) is 5.32 Å². The van der Waals surface area contributed by atoms with Gasteiger partial charge in [-0.15, -0.1) is 0 Å². The van der Waals surface area contributed by atoms with E-state index in [0.717, 1.165) is 25.1 Å². The van der Waals surface area contributed by atoms with Gasteiger partial charge in [0.15, 0.2) is 11.6 Å². The van der Waals surface area contributed by atoms with Crippen LogP contribution in [-0.4, -0.2) is 30.4 Å². The number of hydrogen-bond acceptors (Lipinski definition) is 3. The smallest absolute Gasteiger partial charge is 0.162 e. The van der Waals surface area contributed by atoms with Crippen LogP contribution in [0.3, 0.4) is 0 Å². The van der Waals surface area contributed by atoms with Crippen LogP contribution < -0.4 is 10.1 Å². The van der Waals surface area contributed by atoms with E-state index in [2.05, 4.69) is 5.32 Å². The fourth-order valence-corrected chi connectivity index (χ4v) is 1.39. The van der Waals surface area contributed by atoms with Crippen molar-refractivity contribution in [3.63, 3.8) is 0 Å². The Balaban J connectivity index is 2.45. The van der Waals surface area contributed by atoms with Gasteiger partial charge in [-0.3, -0.25) is 0 Å². The first-order valence-corrected chi connectivity index (χ1v) is 5.95. The molecule has 1 rings (SSSR count). The first-order valence-electron chi connectivity index (χ1n) is 5.95. The number of hydrogen-bond donors (Lipinski definition) is 2. The van der Waals surface area contributed by atoms with Crippen molar-refractivity contribution in [3.05, 3.63) is 29.8 Å². The van der Waals surface area contributed by atoms with E-state index >= 15 is 0 Å². The Hall–Kier alpha value is -1.20. The Bertz CT molecular complexity index is 383. The number of rotatable bonds is 7. The molecule has 1 unspecified atom stereocenters. The molecule has 0 fully saturated rings. The number of ether oxygens (including phenoxy) is 1. The second kappa shape index (κ2) is 6.66. The number of halogens is 2. The van der Waals surface area contributed by atoms with E-state index in [1.165, 1.54) is 6.07 Å². The van der Waals surface area contributed by atoms with Gasteiger partial charge < -0.3 is 15.2 Å². The van der Waals surface area contributed by atoms with E-state index in [9.17, 15) is 13.9 Å². The number of nitrogens with one attached hydrogen (secondary N) is 1. The van der Waals surface area contributed by atoms with E-state index in [-0.39, 0.29) is 12.4 Å². The van der Waals surface area contributed by atoms with Crippen molar-refractivity contribution in [1.29, 1.82) is 0 Å². The second-order valence-electron chi connectivity index (χ2n) is 4.54. The molecular formula is C13H19F2NO2. The van der Waals surface area contributed by atoms with Crippen molar-refractivity contribution in [3.8, 4) is 5.75 Å². The SMILES string of the molecule is CCCNCC(C)(O)COc1ccc(F)c(F)c1.